The first-order valence-electron chi connectivity index (χ1n) is 7.97. The lowest BCUT2D eigenvalue weighted by molar-refractivity contribution is 0.483. The second-order valence-corrected chi connectivity index (χ2v) is 5.63. The van der Waals surface area contributed by atoms with Crippen LogP contribution in [0.4, 0.5) is 5.95 Å². The smallest absolute Gasteiger partial charge is 0.222 e. The number of benzene rings is 1. The molecule has 0 aliphatic carbocycles. The number of aromatic nitrogens is 7. The Morgan fingerprint density at radius 3 is 2.89 bits per heavy atom. The van der Waals surface area contributed by atoms with Gasteiger partial charge in [0, 0.05) is 12.1 Å². The summed E-state index contributed by atoms with van der Waals surface area (Å²) in [5.74, 6) is 2.37. The van der Waals surface area contributed by atoms with Gasteiger partial charge in [-0.15, -0.1) is 5.10 Å². The first-order valence-corrected chi connectivity index (χ1v) is 7.97. The number of aromatic amines is 1. The van der Waals surface area contributed by atoms with Crippen LogP contribution in [0, 0.1) is 0 Å². The first-order chi connectivity index (χ1) is 13.3. The molecule has 0 radical (unpaired) electrons. The molecule has 5 rings (SSSR count). The number of H-pyrrole nitrogens is 1. The summed E-state index contributed by atoms with van der Waals surface area (Å²) in [7, 11) is 0. The van der Waals surface area contributed by atoms with E-state index in [4.69, 9.17) is 14.9 Å². The average Bonchev–Trinajstić information content (AvgIpc) is 3.43. The molecular formula is C17H12N8O2. The van der Waals surface area contributed by atoms with Gasteiger partial charge >= 0.3 is 0 Å². The lowest BCUT2D eigenvalue weighted by Gasteiger charge is -2.06. The monoisotopic (exact) mass is 360 g/mol. The number of fused-ring (bicyclic) bond motifs is 1. The fourth-order valence-electron chi connectivity index (χ4n) is 2.67. The highest BCUT2D eigenvalue weighted by molar-refractivity contribution is 5.78. The van der Waals surface area contributed by atoms with E-state index >= 15 is 0 Å². The lowest BCUT2D eigenvalue weighted by atomic mass is 10.3. The predicted molar refractivity (Wildman–Crippen MR) is 95.2 cm³/mol. The molecule has 0 bridgehead atoms. The quantitative estimate of drug-likeness (QED) is 0.499. The van der Waals surface area contributed by atoms with Gasteiger partial charge in [-0.25, -0.2) is 4.98 Å². The summed E-state index contributed by atoms with van der Waals surface area (Å²) in [5, 5.41) is 14.9. The molecule has 27 heavy (non-hydrogen) atoms. The molecule has 0 saturated heterocycles. The highest BCUT2D eigenvalue weighted by atomic mass is 16.5. The molecule has 0 unspecified atom stereocenters. The van der Waals surface area contributed by atoms with E-state index in [1.165, 1.54) is 0 Å². The Kier molecular flexibility index (Phi) is 3.32. The number of nitrogen functional groups attached to an aromatic ring is 1. The van der Waals surface area contributed by atoms with Crippen LogP contribution in [0.2, 0.25) is 0 Å². The summed E-state index contributed by atoms with van der Waals surface area (Å²) in [5.41, 5.74) is 7.82. The maximum atomic E-state index is 5.88. The highest BCUT2D eigenvalue weighted by Crippen LogP contribution is 2.26. The molecule has 5 aromatic rings. The van der Waals surface area contributed by atoms with Gasteiger partial charge in [0.15, 0.2) is 17.3 Å². The Morgan fingerprint density at radius 1 is 1.11 bits per heavy atom. The standard InChI is InChI=1S/C17H12N8O2/c18-17-21-13(15-2-1-5-26-15)7-16(22-17)25-14-6-10(3-4-12(14)23-24-25)27-11-8-19-20-9-11/h1-9H,(H,19,20)(H2,18,21,22). The van der Waals surface area contributed by atoms with Crippen LogP contribution in [-0.2, 0) is 0 Å². The van der Waals surface area contributed by atoms with Crippen molar-refractivity contribution in [3.63, 3.8) is 0 Å². The lowest BCUT2D eigenvalue weighted by Crippen LogP contribution is -2.05. The number of furan rings is 1. The normalized spacial score (nSPS) is 11.1. The largest absolute Gasteiger partial charge is 0.463 e. The molecule has 1 aromatic carbocycles. The maximum Gasteiger partial charge on any atom is 0.222 e. The third-order valence-electron chi connectivity index (χ3n) is 3.85. The molecule has 0 aliphatic heterocycles. The van der Waals surface area contributed by atoms with Crippen LogP contribution in [0.3, 0.4) is 0 Å². The fourth-order valence-corrected chi connectivity index (χ4v) is 2.67. The summed E-state index contributed by atoms with van der Waals surface area (Å²) in [6.07, 6.45) is 4.80. The molecule has 0 fully saturated rings. The van der Waals surface area contributed by atoms with Crippen molar-refractivity contribution in [1.29, 1.82) is 0 Å². The number of nitrogens with zero attached hydrogens (tertiary/aromatic N) is 6. The molecule has 10 nitrogen and oxygen atoms in total. The SMILES string of the molecule is Nc1nc(-c2ccco2)cc(-n2nnc3ccc(Oc4cn[nH]c4)cc32)n1. The van der Waals surface area contributed by atoms with Gasteiger partial charge < -0.3 is 14.9 Å². The first kappa shape index (κ1) is 15.1. The van der Waals surface area contributed by atoms with Crippen molar-refractivity contribution < 1.29 is 9.15 Å². The zero-order valence-electron chi connectivity index (χ0n) is 13.8. The van der Waals surface area contributed by atoms with Gasteiger partial charge in [-0.1, -0.05) is 5.21 Å². The number of hydrogen-bond acceptors (Lipinski definition) is 8. The number of nitrogens with two attached hydrogens (primary N) is 1. The Labute approximate surface area is 151 Å². The summed E-state index contributed by atoms with van der Waals surface area (Å²) >= 11 is 0. The zero-order valence-corrected chi connectivity index (χ0v) is 13.8. The molecule has 4 heterocycles. The summed E-state index contributed by atoms with van der Waals surface area (Å²) in [6, 6.07) is 10.7. The van der Waals surface area contributed by atoms with Crippen LogP contribution < -0.4 is 10.5 Å². The van der Waals surface area contributed by atoms with Crippen molar-refractivity contribution >= 4 is 17.0 Å². The molecule has 0 aliphatic rings. The molecule has 3 N–H and O–H groups in total. The highest BCUT2D eigenvalue weighted by Gasteiger charge is 2.13. The molecule has 0 amide bonds. The molecular weight excluding hydrogens is 348 g/mol. The third kappa shape index (κ3) is 2.74. The van der Waals surface area contributed by atoms with Crippen LogP contribution in [0.15, 0.2) is 59.5 Å². The Hall–Kier alpha value is -4.21. The van der Waals surface area contributed by atoms with Crippen molar-refractivity contribution in [2.24, 2.45) is 0 Å². The fraction of sp³-hybridized carbons (Fsp3) is 0. The van der Waals surface area contributed by atoms with Crippen molar-refractivity contribution in [3.8, 4) is 28.8 Å². The van der Waals surface area contributed by atoms with Gasteiger partial charge in [-0.3, -0.25) is 5.10 Å². The molecule has 0 spiro atoms. The van der Waals surface area contributed by atoms with E-state index in [0.29, 0.717) is 39.8 Å². The van der Waals surface area contributed by atoms with Crippen molar-refractivity contribution in [3.05, 3.63) is 55.1 Å². The number of rotatable bonds is 4. The number of hydrogen-bond donors (Lipinski definition) is 2. The van der Waals surface area contributed by atoms with Gasteiger partial charge in [0.2, 0.25) is 5.95 Å². The van der Waals surface area contributed by atoms with Gasteiger partial charge in [0.25, 0.3) is 0 Å². The van der Waals surface area contributed by atoms with Gasteiger partial charge in [0.1, 0.15) is 22.5 Å². The van der Waals surface area contributed by atoms with Crippen molar-refractivity contribution in [2.45, 2.75) is 0 Å². The molecule has 0 saturated carbocycles. The van der Waals surface area contributed by atoms with Crippen LogP contribution in [-0.4, -0.2) is 35.2 Å². The minimum atomic E-state index is 0.105. The van der Waals surface area contributed by atoms with Gasteiger partial charge in [0.05, 0.1) is 18.7 Å². The third-order valence-corrected chi connectivity index (χ3v) is 3.85. The van der Waals surface area contributed by atoms with Crippen LogP contribution in [0.5, 0.6) is 11.5 Å². The summed E-state index contributed by atoms with van der Waals surface area (Å²) in [4.78, 5) is 8.48. The van der Waals surface area contributed by atoms with E-state index in [0.717, 1.165) is 0 Å². The second kappa shape index (κ2) is 5.95. The average molecular weight is 360 g/mol. The molecule has 10 heteroatoms. The van der Waals surface area contributed by atoms with E-state index in [1.54, 1.807) is 47.6 Å². The van der Waals surface area contributed by atoms with E-state index < -0.39 is 0 Å². The number of ether oxygens (including phenoxy) is 1. The Bertz CT molecular complexity index is 1210. The van der Waals surface area contributed by atoms with Crippen LogP contribution >= 0.6 is 0 Å². The van der Waals surface area contributed by atoms with E-state index in [1.807, 2.05) is 12.1 Å². The second-order valence-electron chi connectivity index (χ2n) is 5.63. The molecule has 132 valence electrons. The minimum absolute atomic E-state index is 0.105. The summed E-state index contributed by atoms with van der Waals surface area (Å²) in [6.45, 7) is 0. The number of anilines is 1. The number of nitrogens with one attached hydrogen (secondary N) is 1. The zero-order chi connectivity index (χ0) is 18.2. The molecule has 4 aromatic heterocycles. The van der Waals surface area contributed by atoms with E-state index in [-0.39, 0.29) is 5.95 Å². The van der Waals surface area contributed by atoms with Gasteiger partial charge in [-0.2, -0.15) is 14.8 Å². The Morgan fingerprint density at radius 2 is 2.07 bits per heavy atom. The summed E-state index contributed by atoms with van der Waals surface area (Å²) < 4.78 is 12.7. The Balaban J connectivity index is 1.60. The van der Waals surface area contributed by atoms with E-state index in [9.17, 15) is 0 Å². The topological polar surface area (TPSA) is 134 Å². The van der Waals surface area contributed by atoms with Crippen LogP contribution in [0.1, 0.15) is 0 Å². The minimum Gasteiger partial charge on any atom is -0.463 e. The van der Waals surface area contributed by atoms with Gasteiger partial charge in [-0.05, 0) is 24.3 Å². The van der Waals surface area contributed by atoms with Crippen molar-refractivity contribution in [1.82, 2.24) is 35.2 Å². The maximum absolute atomic E-state index is 5.88. The van der Waals surface area contributed by atoms with E-state index in [2.05, 4.69) is 30.5 Å². The van der Waals surface area contributed by atoms with Crippen molar-refractivity contribution in [2.75, 3.05) is 5.73 Å². The molecule has 0 atom stereocenters. The predicted octanol–water partition coefficient (Wildman–Crippen LogP) is 2.57. The van der Waals surface area contributed by atoms with Crippen LogP contribution in [0.25, 0.3) is 28.3 Å².